The van der Waals surface area contributed by atoms with E-state index < -0.39 is 12.1 Å². The fourth-order valence-corrected chi connectivity index (χ4v) is 5.52. The summed E-state index contributed by atoms with van der Waals surface area (Å²) in [5.74, 6) is -0.893. The first-order chi connectivity index (χ1) is 18.0. The third-order valence-corrected chi connectivity index (χ3v) is 7.59. The first-order valence-electron chi connectivity index (χ1n) is 14.8. The van der Waals surface area contributed by atoms with Crippen LogP contribution in [0.5, 0.6) is 0 Å². The van der Waals surface area contributed by atoms with Crippen LogP contribution in [0.3, 0.4) is 0 Å². The molecule has 0 aromatic rings. The van der Waals surface area contributed by atoms with Gasteiger partial charge in [-0.15, -0.1) is 0 Å². The van der Waals surface area contributed by atoms with Gasteiger partial charge in [-0.25, -0.2) is 0 Å². The summed E-state index contributed by atoms with van der Waals surface area (Å²) in [6.45, 7) is 2.92. The highest BCUT2D eigenvalue weighted by molar-refractivity contribution is 5.94. The molecule has 3 atom stereocenters. The van der Waals surface area contributed by atoms with E-state index in [1.807, 2.05) is 0 Å². The Labute approximate surface area is 223 Å². The fraction of sp³-hybridized carbons (Fsp3) is 0.857. The monoisotopic (exact) mass is 521 g/mol. The third-order valence-electron chi connectivity index (χ3n) is 7.59. The van der Waals surface area contributed by atoms with Gasteiger partial charge in [0.25, 0.3) is 0 Å². The standard InChI is InChI=1S/C28H51N5O4/c1-3-4-5-6-7-8-9-10-11-14-19-30-25(34)21-31-27(36)24-18-17-22-15-12-13-16-23(28(37)33(22)24)32-26(35)20-29-2/h22-24,29H,3-21H2,1-2H3,(H,30,34)(H,31,36)(H,32,35). The largest absolute Gasteiger partial charge is 0.355 e. The summed E-state index contributed by atoms with van der Waals surface area (Å²) >= 11 is 0. The zero-order chi connectivity index (χ0) is 26.9. The SMILES string of the molecule is CCCCCCCCCCCCNC(=O)CNC(=O)C1CCC2CCCCC(NC(=O)CNC)C(=O)N21. The molecule has 2 aliphatic heterocycles. The molecule has 2 aliphatic rings. The number of nitrogens with one attached hydrogen (secondary N) is 4. The van der Waals surface area contributed by atoms with E-state index in [1.54, 1.807) is 11.9 Å². The number of likely N-dealkylation sites (N-methyl/N-ethyl adjacent to an activating group) is 1. The van der Waals surface area contributed by atoms with Crippen LogP contribution in [0.2, 0.25) is 0 Å². The van der Waals surface area contributed by atoms with E-state index >= 15 is 0 Å². The minimum Gasteiger partial charge on any atom is -0.355 e. The predicted octanol–water partition coefficient (Wildman–Crippen LogP) is 2.78. The summed E-state index contributed by atoms with van der Waals surface area (Å²) in [4.78, 5) is 52.3. The fourth-order valence-electron chi connectivity index (χ4n) is 5.52. The van der Waals surface area contributed by atoms with Crippen LogP contribution in [0.15, 0.2) is 0 Å². The van der Waals surface area contributed by atoms with Crippen LogP contribution in [0.4, 0.5) is 0 Å². The lowest BCUT2D eigenvalue weighted by atomic mass is 9.99. The molecule has 0 aromatic heterocycles. The Balaban J connectivity index is 1.68. The van der Waals surface area contributed by atoms with E-state index in [0.717, 1.165) is 38.5 Å². The Morgan fingerprint density at radius 2 is 1.43 bits per heavy atom. The molecule has 212 valence electrons. The van der Waals surface area contributed by atoms with E-state index in [1.165, 1.54) is 51.4 Å². The second-order valence-corrected chi connectivity index (χ2v) is 10.7. The van der Waals surface area contributed by atoms with Crippen molar-refractivity contribution < 1.29 is 19.2 Å². The lowest BCUT2D eigenvalue weighted by Crippen LogP contribution is -2.57. The highest BCUT2D eigenvalue weighted by Crippen LogP contribution is 2.31. The maximum Gasteiger partial charge on any atom is 0.246 e. The number of amides is 4. The van der Waals surface area contributed by atoms with Crippen molar-refractivity contribution in [3.05, 3.63) is 0 Å². The summed E-state index contributed by atoms with van der Waals surface area (Å²) in [5.41, 5.74) is 0. The zero-order valence-corrected chi connectivity index (χ0v) is 23.2. The van der Waals surface area contributed by atoms with E-state index in [0.29, 0.717) is 19.4 Å². The molecule has 0 saturated carbocycles. The van der Waals surface area contributed by atoms with Gasteiger partial charge in [-0.3, -0.25) is 19.2 Å². The van der Waals surface area contributed by atoms with Crippen molar-refractivity contribution in [2.75, 3.05) is 26.7 Å². The molecule has 4 amide bonds. The van der Waals surface area contributed by atoms with Crippen LogP contribution in [0.1, 0.15) is 110 Å². The molecule has 2 rings (SSSR count). The number of hydrogen-bond donors (Lipinski definition) is 4. The quantitative estimate of drug-likeness (QED) is 0.220. The number of rotatable bonds is 17. The van der Waals surface area contributed by atoms with Crippen molar-refractivity contribution in [2.45, 2.75) is 128 Å². The molecular formula is C28H51N5O4. The van der Waals surface area contributed by atoms with Crippen LogP contribution >= 0.6 is 0 Å². The van der Waals surface area contributed by atoms with Gasteiger partial charge in [0.05, 0.1) is 13.1 Å². The number of nitrogens with zero attached hydrogens (tertiary/aromatic N) is 1. The Morgan fingerprint density at radius 1 is 0.784 bits per heavy atom. The van der Waals surface area contributed by atoms with Crippen LogP contribution in [-0.2, 0) is 19.2 Å². The van der Waals surface area contributed by atoms with Gasteiger partial charge in [0.2, 0.25) is 23.6 Å². The summed E-state index contributed by atoms with van der Waals surface area (Å²) in [6.07, 6.45) is 17.1. The average Bonchev–Trinajstić information content (AvgIpc) is 3.30. The van der Waals surface area contributed by atoms with Crippen LogP contribution in [0, 0.1) is 0 Å². The van der Waals surface area contributed by atoms with Crippen LogP contribution in [-0.4, -0.2) is 73.3 Å². The number of carbonyl (C=O) groups is 4. The molecular weight excluding hydrogens is 470 g/mol. The summed E-state index contributed by atoms with van der Waals surface area (Å²) in [6, 6.07) is -1.19. The third kappa shape index (κ3) is 11.4. The van der Waals surface area contributed by atoms with Crippen molar-refractivity contribution in [1.29, 1.82) is 0 Å². The second kappa shape index (κ2) is 18.2. The van der Waals surface area contributed by atoms with Crippen LogP contribution < -0.4 is 21.3 Å². The highest BCUT2D eigenvalue weighted by atomic mass is 16.2. The Morgan fingerprint density at radius 3 is 2.11 bits per heavy atom. The predicted molar refractivity (Wildman–Crippen MR) is 146 cm³/mol. The number of unbranched alkanes of at least 4 members (excludes halogenated alkanes) is 9. The van der Waals surface area contributed by atoms with E-state index in [-0.39, 0.29) is 42.8 Å². The molecule has 0 aliphatic carbocycles. The average molecular weight is 522 g/mol. The first-order valence-corrected chi connectivity index (χ1v) is 14.8. The summed E-state index contributed by atoms with van der Waals surface area (Å²) < 4.78 is 0. The molecule has 37 heavy (non-hydrogen) atoms. The first kappa shape index (κ1) is 31.1. The van der Waals surface area contributed by atoms with Crippen molar-refractivity contribution in [3.63, 3.8) is 0 Å². The maximum absolute atomic E-state index is 13.3. The molecule has 2 fully saturated rings. The van der Waals surface area contributed by atoms with Gasteiger partial charge in [-0.1, -0.05) is 77.6 Å². The Hall–Kier alpha value is -2.16. The molecule has 3 unspecified atom stereocenters. The van der Waals surface area contributed by atoms with Gasteiger partial charge in [0.1, 0.15) is 12.1 Å². The lowest BCUT2D eigenvalue weighted by Gasteiger charge is -2.35. The zero-order valence-electron chi connectivity index (χ0n) is 23.2. The summed E-state index contributed by atoms with van der Waals surface area (Å²) in [5, 5.41) is 11.3. The molecule has 0 bridgehead atoms. The molecule has 0 aromatic carbocycles. The molecule has 2 saturated heterocycles. The van der Waals surface area contributed by atoms with Gasteiger partial charge >= 0.3 is 0 Å². The van der Waals surface area contributed by atoms with Crippen molar-refractivity contribution >= 4 is 23.6 Å². The van der Waals surface area contributed by atoms with E-state index in [9.17, 15) is 19.2 Å². The van der Waals surface area contributed by atoms with Crippen molar-refractivity contribution in [1.82, 2.24) is 26.2 Å². The van der Waals surface area contributed by atoms with Gasteiger partial charge < -0.3 is 26.2 Å². The maximum atomic E-state index is 13.3. The summed E-state index contributed by atoms with van der Waals surface area (Å²) in [7, 11) is 1.68. The van der Waals surface area contributed by atoms with Crippen molar-refractivity contribution in [2.24, 2.45) is 0 Å². The smallest absolute Gasteiger partial charge is 0.246 e. The van der Waals surface area contributed by atoms with Gasteiger partial charge in [-0.2, -0.15) is 0 Å². The minimum absolute atomic E-state index is 0.0115. The Bertz CT molecular complexity index is 717. The van der Waals surface area contributed by atoms with E-state index in [2.05, 4.69) is 28.2 Å². The second-order valence-electron chi connectivity index (χ2n) is 10.7. The topological polar surface area (TPSA) is 120 Å². The highest BCUT2D eigenvalue weighted by Gasteiger charge is 2.43. The van der Waals surface area contributed by atoms with Gasteiger partial charge in [0.15, 0.2) is 0 Å². The van der Waals surface area contributed by atoms with Gasteiger partial charge in [-0.05, 0) is 39.2 Å². The molecule has 0 spiro atoms. The normalized spacial score (nSPS) is 21.6. The molecule has 9 nitrogen and oxygen atoms in total. The van der Waals surface area contributed by atoms with Crippen molar-refractivity contribution in [3.8, 4) is 0 Å². The lowest BCUT2D eigenvalue weighted by molar-refractivity contribution is -0.144. The van der Waals surface area contributed by atoms with Gasteiger partial charge in [0, 0.05) is 12.6 Å². The number of fused-ring (bicyclic) bond motifs is 1. The molecule has 0 radical (unpaired) electrons. The molecule has 4 N–H and O–H groups in total. The Kier molecular flexibility index (Phi) is 15.2. The number of hydrogen-bond acceptors (Lipinski definition) is 5. The molecule has 2 heterocycles. The molecule has 9 heteroatoms. The number of carbonyl (C=O) groups excluding carboxylic acids is 4. The van der Waals surface area contributed by atoms with E-state index in [4.69, 9.17) is 0 Å². The minimum atomic E-state index is -0.610. The van der Waals surface area contributed by atoms with Crippen LogP contribution in [0.25, 0.3) is 0 Å².